The van der Waals surface area contributed by atoms with E-state index in [1.807, 2.05) is 18.2 Å². The van der Waals surface area contributed by atoms with E-state index in [1.165, 1.54) is 6.26 Å². The van der Waals surface area contributed by atoms with E-state index in [1.54, 1.807) is 41.2 Å². The van der Waals surface area contributed by atoms with E-state index in [-0.39, 0.29) is 5.95 Å². The topological polar surface area (TPSA) is 148 Å². The minimum atomic E-state index is -1.21. The predicted molar refractivity (Wildman–Crippen MR) is 117 cm³/mol. The minimum absolute atomic E-state index is 0.0948. The molecule has 0 amide bonds. The summed E-state index contributed by atoms with van der Waals surface area (Å²) in [6.45, 7) is 0.372. The Morgan fingerprint density at radius 1 is 1.10 bits per heavy atom. The van der Waals surface area contributed by atoms with Crippen LogP contribution in [0, 0.1) is 11.3 Å². The van der Waals surface area contributed by atoms with E-state index in [9.17, 15) is 4.21 Å². The molecule has 31 heavy (non-hydrogen) atoms. The van der Waals surface area contributed by atoms with Crippen LogP contribution in [0.25, 0.3) is 22.6 Å². The Labute approximate surface area is 180 Å². The number of anilines is 2. The Kier molecular flexibility index (Phi) is 5.63. The van der Waals surface area contributed by atoms with Crippen molar-refractivity contribution in [2.45, 2.75) is 6.54 Å². The highest BCUT2D eigenvalue weighted by atomic mass is 32.2. The monoisotopic (exact) mass is 431 g/mol. The maximum absolute atomic E-state index is 11.3. The summed E-state index contributed by atoms with van der Waals surface area (Å²) in [7, 11) is -1.21. The lowest BCUT2D eigenvalue weighted by Gasteiger charge is -2.05. The lowest BCUT2D eigenvalue weighted by Crippen LogP contribution is -2.07. The summed E-state index contributed by atoms with van der Waals surface area (Å²) in [6.07, 6.45) is 3.27. The maximum atomic E-state index is 11.3. The van der Waals surface area contributed by atoms with Crippen molar-refractivity contribution in [1.29, 1.82) is 5.26 Å². The van der Waals surface area contributed by atoms with Gasteiger partial charge < -0.3 is 5.73 Å². The molecule has 11 heteroatoms. The van der Waals surface area contributed by atoms with Crippen molar-refractivity contribution in [3.05, 3.63) is 66.0 Å². The Hall–Kier alpha value is -4.17. The van der Waals surface area contributed by atoms with Crippen LogP contribution in [0.2, 0.25) is 0 Å². The zero-order chi connectivity index (χ0) is 21.8. The highest BCUT2D eigenvalue weighted by molar-refractivity contribution is 7.85. The maximum Gasteiger partial charge on any atom is 0.221 e. The number of hydrogen-bond donors (Lipinski definition) is 2. The van der Waals surface area contributed by atoms with Crippen LogP contribution < -0.4 is 10.5 Å². The van der Waals surface area contributed by atoms with Crippen molar-refractivity contribution in [3.63, 3.8) is 0 Å². The molecule has 0 fully saturated rings. The van der Waals surface area contributed by atoms with E-state index < -0.39 is 11.0 Å². The zero-order valence-corrected chi connectivity index (χ0v) is 17.2. The van der Waals surface area contributed by atoms with Gasteiger partial charge >= 0.3 is 0 Å². The Morgan fingerprint density at radius 2 is 1.90 bits per heavy atom. The number of nitrogens with two attached hydrogens (primary N) is 1. The van der Waals surface area contributed by atoms with Crippen molar-refractivity contribution in [1.82, 2.24) is 29.9 Å². The zero-order valence-electron chi connectivity index (χ0n) is 16.4. The molecule has 1 unspecified atom stereocenters. The Balaban J connectivity index is 1.60. The first-order chi connectivity index (χ1) is 15.0. The Morgan fingerprint density at radius 3 is 2.71 bits per heavy atom. The van der Waals surface area contributed by atoms with E-state index in [0.717, 1.165) is 11.3 Å². The van der Waals surface area contributed by atoms with Crippen molar-refractivity contribution < 1.29 is 4.21 Å². The molecule has 154 valence electrons. The largest absolute Gasteiger partial charge is 0.368 e. The lowest BCUT2D eigenvalue weighted by molar-refractivity contribution is 0.639. The highest BCUT2D eigenvalue weighted by Gasteiger charge is 2.11. The molecule has 0 aliphatic carbocycles. The number of hydrogen-bond acceptors (Lipinski definition) is 8. The molecular formula is C20H17N9OS. The third-order valence-electron chi connectivity index (χ3n) is 4.21. The van der Waals surface area contributed by atoms with Crippen LogP contribution in [0.1, 0.15) is 11.3 Å². The van der Waals surface area contributed by atoms with Crippen molar-refractivity contribution in [2.24, 2.45) is 0 Å². The van der Waals surface area contributed by atoms with Gasteiger partial charge in [-0.1, -0.05) is 23.4 Å². The molecule has 0 radical (unpaired) electrons. The fourth-order valence-corrected chi connectivity index (χ4v) is 3.33. The fraction of sp³-hybridized carbons (Fsp3) is 0.100. The van der Waals surface area contributed by atoms with Crippen LogP contribution in [-0.2, 0) is 17.5 Å². The molecule has 4 rings (SSSR count). The number of pyridine rings is 1. The fourth-order valence-electron chi connectivity index (χ4n) is 2.92. The van der Waals surface area contributed by atoms with Crippen LogP contribution >= 0.6 is 0 Å². The smallest absolute Gasteiger partial charge is 0.221 e. The molecule has 4 aromatic rings. The summed E-state index contributed by atoms with van der Waals surface area (Å²) in [5.74, 6) is 0.615. The quantitative estimate of drug-likeness (QED) is 0.471. The molecule has 3 aromatic heterocycles. The molecule has 3 heterocycles. The van der Waals surface area contributed by atoms with Crippen molar-refractivity contribution in [2.75, 3.05) is 16.7 Å². The number of rotatable bonds is 6. The van der Waals surface area contributed by atoms with Crippen LogP contribution in [0.15, 0.2) is 54.7 Å². The number of nitrogens with one attached hydrogen (secondary N) is 1. The summed E-state index contributed by atoms with van der Waals surface area (Å²) >= 11 is 0. The van der Waals surface area contributed by atoms with Gasteiger partial charge in [0.25, 0.3) is 0 Å². The number of nitrogens with zero attached hydrogens (tertiary/aromatic N) is 7. The van der Waals surface area contributed by atoms with Gasteiger partial charge in [0.1, 0.15) is 22.5 Å². The molecule has 3 N–H and O–H groups in total. The van der Waals surface area contributed by atoms with E-state index in [0.29, 0.717) is 35.0 Å². The molecule has 0 bridgehead atoms. The number of aromatic nitrogens is 6. The lowest BCUT2D eigenvalue weighted by atomic mass is 10.1. The van der Waals surface area contributed by atoms with Gasteiger partial charge in [-0.05, 0) is 30.3 Å². The van der Waals surface area contributed by atoms with Gasteiger partial charge in [-0.2, -0.15) is 5.26 Å². The van der Waals surface area contributed by atoms with Crippen molar-refractivity contribution >= 4 is 22.8 Å². The second-order valence-electron chi connectivity index (χ2n) is 6.56. The van der Waals surface area contributed by atoms with Gasteiger partial charge in [-0.15, -0.1) is 5.10 Å². The predicted octanol–water partition coefficient (Wildman–Crippen LogP) is 2.00. The second kappa shape index (κ2) is 8.68. The van der Waals surface area contributed by atoms with Crippen molar-refractivity contribution in [3.8, 4) is 28.7 Å². The van der Waals surface area contributed by atoms with E-state index >= 15 is 0 Å². The first-order valence-corrected chi connectivity index (χ1v) is 10.7. The highest BCUT2D eigenvalue weighted by Crippen LogP contribution is 2.24. The molecule has 1 atom stereocenters. The molecule has 0 aliphatic rings. The SMILES string of the molecule is CS(=O)Nc1cccc(Cn2cc(-c3cc(-c4cccc(C#N)c4)nc(N)n3)nn2)n1. The average Bonchev–Trinajstić information content (AvgIpc) is 3.21. The number of nitrogen functional groups attached to an aromatic ring is 1. The van der Waals surface area contributed by atoms with E-state index in [2.05, 4.69) is 36.1 Å². The summed E-state index contributed by atoms with van der Waals surface area (Å²) in [4.78, 5) is 12.9. The summed E-state index contributed by atoms with van der Waals surface area (Å²) in [5, 5.41) is 17.5. The average molecular weight is 431 g/mol. The van der Waals surface area contributed by atoms with Crippen LogP contribution in [0.3, 0.4) is 0 Å². The molecule has 1 aromatic carbocycles. The third-order valence-corrected chi connectivity index (χ3v) is 4.71. The van der Waals surface area contributed by atoms with E-state index in [4.69, 9.17) is 11.0 Å². The number of benzene rings is 1. The normalized spacial score (nSPS) is 11.6. The first-order valence-electron chi connectivity index (χ1n) is 9.12. The molecule has 0 saturated heterocycles. The summed E-state index contributed by atoms with van der Waals surface area (Å²) in [6, 6.07) is 16.3. The van der Waals surface area contributed by atoms with Gasteiger partial charge in [0.05, 0.1) is 41.5 Å². The molecule has 0 aliphatic heterocycles. The number of nitriles is 1. The molecule has 0 saturated carbocycles. The standard InChI is InChI=1S/C20H17N9OS/c1-31(30)27-19-7-3-6-15(23-19)11-29-12-18(26-28-29)17-9-16(24-20(22)25-17)14-5-2-4-13(8-14)10-21/h2-9,12H,11H2,1H3,(H,23,27)(H2,22,24,25). The molecule has 10 nitrogen and oxygen atoms in total. The van der Waals surface area contributed by atoms with Gasteiger partial charge in [-0.25, -0.2) is 23.8 Å². The molecule has 0 spiro atoms. The van der Waals surface area contributed by atoms with Crippen LogP contribution in [0.4, 0.5) is 11.8 Å². The Bertz CT molecular complexity index is 1310. The summed E-state index contributed by atoms with van der Waals surface area (Å²) in [5.41, 5.74) is 9.54. The van der Waals surface area contributed by atoms with Crippen LogP contribution in [-0.4, -0.2) is 40.4 Å². The second-order valence-corrected chi connectivity index (χ2v) is 7.67. The van der Waals surface area contributed by atoms with Gasteiger partial charge in [0, 0.05) is 11.8 Å². The van der Waals surface area contributed by atoms with Gasteiger partial charge in [-0.3, -0.25) is 4.72 Å². The summed E-state index contributed by atoms with van der Waals surface area (Å²) < 4.78 is 15.7. The first kappa shape index (κ1) is 20.1. The molecular weight excluding hydrogens is 414 g/mol. The minimum Gasteiger partial charge on any atom is -0.368 e. The van der Waals surface area contributed by atoms with Gasteiger partial charge in [0.15, 0.2) is 0 Å². The van der Waals surface area contributed by atoms with Gasteiger partial charge in [0.2, 0.25) is 5.95 Å². The van der Waals surface area contributed by atoms with Crippen LogP contribution in [0.5, 0.6) is 0 Å². The third kappa shape index (κ3) is 4.88.